The highest BCUT2D eigenvalue weighted by Gasteiger charge is 2.20. The van der Waals surface area contributed by atoms with Gasteiger partial charge in [0.25, 0.3) is 0 Å². The van der Waals surface area contributed by atoms with Gasteiger partial charge in [0, 0.05) is 18.0 Å². The third-order valence-electron chi connectivity index (χ3n) is 5.13. The molecule has 0 radical (unpaired) electrons. The molecule has 1 unspecified atom stereocenters. The monoisotopic (exact) mass is 375 g/mol. The normalized spacial score (nSPS) is 11.8. The number of hydrogen-bond acceptors (Lipinski definition) is 3. The number of pyridine rings is 1. The lowest BCUT2D eigenvalue weighted by Gasteiger charge is -2.19. The van der Waals surface area contributed by atoms with Crippen LogP contribution in [0.15, 0.2) is 60.9 Å². The average Bonchev–Trinajstić information content (AvgIpc) is 2.72. The highest BCUT2D eigenvalue weighted by atomic mass is 16.5. The van der Waals surface area contributed by atoms with Crippen LogP contribution >= 0.6 is 0 Å². The number of carboxylic acid groups (broad SMARTS) is 1. The molecule has 1 N–H and O–H groups in total. The molecule has 0 saturated heterocycles. The van der Waals surface area contributed by atoms with E-state index < -0.39 is 11.9 Å². The molecule has 0 aliphatic rings. The largest absolute Gasteiger partial charge is 0.497 e. The highest BCUT2D eigenvalue weighted by Crippen LogP contribution is 2.38. The SMILES string of the molecule is CCC(Cc1cc(OC)ccc1-c1cccc(C)c1-c1cccnc1)C(=O)O. The Morgan fingerprint density at radius 2 is 1.96 bits per heavy atom. The van der Waals surface area contributed by atoms with Gasteiger partial charge in [-0.15, -0.1) is 0 Å². The van der Waals surface area contributed by atoms with Crippen molar-refractivity contribution in [3.8, 4) is 28.0 Å². The van der Waals surface area contributed by atoms with E-state index in [0.29, 0.717) is 12.8 Å². The summed E-state index contributed by atoms with van der Waals surface area (Å²) in [5, 5.41) is 9.56. The van der Waals surface area contributed by atoms with Gasteiger partial charge in [-0.25, -0.2) is 0 Å². The van der Waals surface area contributed by atoms with E-state index in [4.69, 9.17) is 4.74 Å². The number of ether oxygens (including phenoxy) is 1. The molecule has 3 aromatic rings. The van der Waals surface area contributed by atoms with E-state index >= 15 is 0 Å². The standard InChI is InChI=1S/C24H25NO3/c1-4-17(24(26)27)13-19-14-20(28-3)10-11-21(19)22-9-5-7-16(2)23(22)18-8-6-12-25-15-18/h5-12,14-15,17H,4,13H2,1-3H3,(H,26,27). The Labute approximate surface area is 165 Å². The fourth-order valence-corrected chi connectivity index (χ4v) is 3.59. The molecule has 1 heterocycles. The van der Waals surface area contributed by atoms with E-state index in [2.05, 4.69) is 24.0 Å². The zero-order chi connectivity index (χ0) is 20.1. The quantitative estimate of drug-likeness (QED) is 0.602. The fourth-order valence-electron chi connectivity index (χ4n) is 3.59. The Balaban J connectivity index is 2.19. The molecule has 0 fully saturated rings. The van der Waals surface area contributed by atoms with Crippen molar-refractivity contribution in [2.45, 2.75) is 26.7 Å². The van der Waals surface area contributed by atoms with Gasteiger partial charge in [0.1, 0.15) is 5.75 Å². The van der Waals surface area contributed by atoms with Crippen molar-refractivity contribution in [2.24, 2.45) is 5.92 Å². The summed E-state index contributed by atoms with van der Waals surface area (Å²) in [4.78, 5) is 15.9. The van der Waals surface area contributed by atoms with Gasteiger partial charge in [-0.2, -0.15) is 0 Å². The molecule has 1 aromatic heterocycles. The molecule has 0 bridgehead atoms. The van der Waals surface area contributed by atoms with Crippen LogP contribution in [0.25, 0.3) is 22.3 Å². The second-order valence-corrected chi connectivity index (χ2v) is 6.91. The molecular formula is C24H25NO3. The second kappa shape index (κ2) is 8.70. The summed E-state index contributed by atoms with van der Waals surface area (Å²) in [6, 6.07) is 16.1. The molecule has 0 spiro atoms. The van der Waals surface area contributed by atoms with Gasteiger partial charge < -0.3 is 9.84 Å². The van der Waals surface area contributed by atoms with Crippen molar-refractivity contribution >= 4 is 5.97 Å². The van der Waals surface area contributed by atoms with Crippen LogP contribution in [0.4, 0.5) is 0 Å². The molecule has 3 rings (SSSR count). The minimum Gasteiger partial charge on any atom is -0.497 e. The lowest BCUT2D eigenvalue weighted by atomic mass is 9.86. The van der Waals surface area contributed by atoms with Gasteiger partial charge in [-0.3, -0.25) is 9.78 Å². The zero-order valence-electron chi connectivity index (χ0n) is 16.5. The molecule has 1 atom stereocenters. The zero-order valence-corrected chi connectivity index (χ0v) is 16.5. The number of rotatable bonds is 7. The molecule has 4 heteroatoms. The van der Waals surface area contributed by atoms with Crippen LogP contribution in [-0.2, 0) is 11.2 Å². The number of nitrogens with zero attached hydrogens (tertiary/aromatic N) is 1. The molecule has 0 aliphatic heterocycles. The first kappa shape index (κ1) is 19.6. The number of methoxy groups -OCH3 is 1. The summed E-state index contributed by atoms with van der Waals surface area (Å²) < 4.78 is 5.40. The Bertz CT molecular complexity index is 967. The summed E-state index contributed by atoms with van der Waals surface area (Å²) in [7, 11) is 1.63. The van der Waals surface area contributed by atoms with Crippen molar-refractivity contribution in [1.82, 2.24) is 4.98 Å². The predicted molar refractivity (Wildman–Crippen MR) is 112 cm³/mol. The van der Waals surface area contributed by atoms with E-state index in [1.54, 1.807) is 13.3 Å². The molecule has 28 heavy (non-hydrogen) atoms. The molecule has 0 aliphatic carbocycles. The maximum Gasteiger partial charge on any atom is 0.306 e. The number of aromatic nitrogens is 1. The Hall–Kier alpha value is -3.14. The summed E-state index contributed by atoms with van der Waals surface area (Å²) in [6.07, 6.45) is 4.66. The first-order chi connectivity index (χ1) is 13.5. The Kier molecular flexibility index (Phi) is 6.09. The van der Waals surface area contributed by atoms with Crippen molar-refractivity contribution in [1.29, 1.82) is 0 Å². The number of aliphatic carboxylic acids is 1. The van der Waals surface area contributed by atoms with Gasteiger partial charge in [-0.05, 0) is 65.8 Å². The smallest absolute Gasteiger partial charge is 0.306 e. The van der Waals surface area contributed by atoms with Crippen LogP contribution < -0.4 is 4.74 Å². The molecule has 2 aromatic carbocycles. The number of aryl methyl sites for hydroxylation is 1. The minimum atomic E-state index is -0.770. The van der Waals surface area contributed by atoms with Crippen LogP contribution in [0.3, 0.4) is 0 Å². The van der Waals surface area contributed by atoms with Crippen LogP contribution in [0.5, 0.6) is 5.75 Å². The van der Waals surface area contributed by atoms with Crippen molar-refractivity contribution < 1.29 is 14.6 Å². The Morgan fingerprint density at radius 3 is 2.61 bits per heavy atom. The van der Waals surface area contributed by atoms with E-state index in [0.717, 1.165) is 39.1 Å². The van der Waals surface area contributed by atoms with E-state index in [9.17, 15) is 9.90 Å². The molecule has 4 nitrogen and oxygen atoms in total. The summed E-state index contributed by atoms with van der Waals surface area (Å²) in [6.45, 7) is 3.99. The van der Waals surface area contributed by atoms with E-state index in [-0.39, 0.29) is 0 Å². The summed E-state index contributed by atoms with van der Waals surface area (Å²) in [5.41, 5.74) is 6.39. The van der Waals surface area contributed by atoms with Crippen LogP contribution in [-0.4, -0.2) is 23.2 Å². The number of benzene rings is 2. The average molecular weight is 375 g/mol. The van der Waals surface area contributed by atoms with Gasteiger partial charge >= 0.3 is 5.97 Å². The van der Waals surface area contributed by atoms with Crippen molar-refractivity contribution in [3.05, 3.63) is 72.1 Å². The highest BCUT2D eigenvalue weighted by molar-refractivity contribution is 5.87. The summed E-state index contributed by atoms with van der Waals surface area (Å²) >= 11 is 0. The van der Waals surface area contributed by atoms with Crippen molar-refractivity contribution in [3.63, 3.8) is 0 Å². The molecule has 0 amide bonds. The number of carbonyl (C=O) groups is 1. The molecule has 144 valence electrons. The molecular weight excluding hydrogens is 350 g/mol. The number of hydrogen-bond donors (Lipinski definition) is 1. The van der Waals surface area contributed by atoms with Gasteiger partial charge in [0.2, 0.25) is 0 Å². The maximum atomic E-state index is 11.6. The van der Waals surface area contributed by atoms with Gasteiger partial charge in [-0.1, -0.05) is 37.3 Å². The minimum absolute atomic E-state index is 0.433. The predicted octanol–water partition coefficient (Wildman–Crippen LogP) is 5.39. The number of carboxylic acids is 1. The lowest BCUT2D eigenvalue weighted by Crippen LogP contribution is -2.16. The topological polar surface area (TPSA) is 59.4 Å². The van der Waals surface area contributed by atoms with Gasteiger partial charge in [0.05, 0.1) is 13.0 Å². The Morgan fingerprint density at radius 1 is 1.14 bits per heavy atom. The lowest BCUT2D eigenvalue weighted by molar-refractivity contribution is -0.141. The third-order valence-corrected chi connectivity index (χ3v) is 5.13. The first-order valence-electron chi connectivity index (χ1n) is 9.45. The molecule has 0 saturated carbocycles. The van der Waals surface area contributed by atoms with E-state index in [1.165, 1.54) is 0 Å². The fraction of sp³-hybridized carbons (Fsp3) is 0.250. The van der Waals surface area contributed by atoms with Crippen LogP contribution in [0, 0.1) is 12.8 Å². The van der Waals surface area contributed by atoms with Gasteiger partial charge in [0.15, 0.2) is 0 Å². The first-order valence-corrected chi connectivity index (χ1v) is 9.45. The van der Waals surface area contributed by atoms with E-state index in [1.807, 2.05) is 49.5 Å². The third kappa shape index (κ3) is 4.06. The van der Waals surface area contributed by atoms with Crippen LogP contribution in [0.2, 0.25) is 0 Å². The summed E-state index contributed by atoms with van der Waals surface area (Å²) in [5.74, 6) is -0.472. The van der Waals surface area contributed by atoms with Crippen molar-refractivity contribution in [2.75, 3.05) is 7.11 Å². The maximum absolute atomic E-state index is 11.6. The second-order valence-electron chi connectivity index (χ2n) is 6.91. The van der Waals surface area contributed by atoms with Crippen LogP contribution in [0.1, 0.15) is 24.5 Å².